The summed E-state index contributed by atoms with van der Waals surface area (Å²) in [5, 5.41) is 20.8. The standard InChI is InChI=1S/C28H23FN8O2/c1-28(2,3)27(39)33-18-7-15(11-30-13-18)16-9-20-23(36-37-25(20)32-12-16)26-34-21-4-5-31-22(24(21)35-26)14-6-17(29)10-19(38)8-14/h4-13,38H,1-3H3,(H,33,39)(H,34,35)(H,32,36,37). The molecule has 6 aromatic rings. The fourth-order valence-electron chi connectivity index (χ4n) is 4.20. The molecular weight excluding hydrogens is 499 g/mol. The van der Waals surface area contributed by atoms with Crippen LogP contribution >= 0.6 is 0 Å². The van der Waals surface area contributed by atoms with Crippen LogP contribution in [-0.2, 0) is 4.79 Å². The third kappa shape index (κ3) is 4.54. The number of pyridine rings is 3. The van der Waals surface area contributed by atoms with Crippen LogP contribution < -0.4 is 5.32 Å². The molecule has 0 saturated heterocycles. The van der Waals surface area contributed by atoms with Crippen molar-refractivity contribution in [2.24, 2.45) is 5.41 Å². The quantitative estimate of drug-likeness (QED) is 0.241. The molecule has 1 amide bonds. The Labute approximate surface area is 221 Å². The molecule has 0 unspecified atom stereocenters. The summed E-state index contributed by atoms with van der Waals surface area (Å²) in [7, 11) is 0. The summed E-state index contributed by atoms with van der Waals surface area (Å²) in [6.45, 7) is 5.53. The third-order valence-electron chi connectivity index (χ3n) is 6.21. The molecule has 0 bridgehead atoms. The van der Waals surface area contributed by atoms with Gasteiger partial charge in [0.15, 0.2) is 11.5 Å². The number of aromatic amines is 2. The Morgan fingerprint density at radius 2 is 1.82 bits per heavy atom. The maximum atomic E-state index is 14.0. The number of amides is 1. The number of phenolic OH excluding ortho intramolecular Hbond substituents is 1. The number of aromatic nitrogens is 7. The number of benzene rings is 1. The van der Waals surface area contributed by atoms with Gasteiger partial charge in [0.2, 0.25) is 5.91 Å². The van der Waals surface area contributed by atoms with E-state index < -0.39 is 11.2 Å². The van der Waals surface area contributed by atoms with Gasteiger partial charge in [0.05, 0.1) is 28.5 Å². The number of halogens is 1. The number of hydrogen-bond donors (Lipinski definition) is 4. The minimum Gasteiger partial charge on any atom is -0.508 e. The van der Waals surface area contributed by atoms with Crippen LogP contribution in [-0.4, -0.2) is 46.1 Å². The lowest BCUT2D eigenvalue weighted by molar-refractivity contribution is -0.123. The average Bonchev–Trinajstić information content (AvgIpc) is 3.51. The van der Waals surface area contributed by atoms with Crippen molar-refractivity contribution in [3.8, 4) is 39.7 Å². The number of aromatic hydroxyl groups is 1. The summed E-state index contributed by atoms with van der Waals surface area (Å²) in [5.74, 6) is -0.395. The van der Waals surface area contributed by atoms with Gasteiger partial charge in [-0.05, 0) is 30.3 Å². The smallest absolute Gasteiger partial charge is 0.229 e. The van der Waals surface area contributed by atoms with Gasteiger partial charge >= 0.3 is 0 Å². The van der Waals surface area contributed by atoms with E-state index in [9.17, 15) is 14.3 Å². The molecule has 1 aromatic carbocycles. The van der Waals surface area contributed by atoms with E-state index in [1.165, 1.54) is 12.1 Å². The molecular formula is C28H23FN8O2. The predicted octanol–water partition coefficient (Wildman–Crippen LogP) is 5.45. The number of phenols is 1. The molecule has 5 aromatic heterocycles. The van der Waals surface area contributed by atoms with Crippen molar-refractivity contribution in [1.82, 2.24) is 35.1 Å². The average molecular weight is 523 g/mol. The number of nitrogens with zero attached hydrogens (tertiary/aromatic N) is 5. The number of carbonyl (C=O) groups is 1. The van der Waals surface area contributed by atoms with Crippen LogP contribution in [0.3, 0.4) is 0 Å². The van der Waals surface area contributed by atoms with Crippen LogP contribution in [0.1, 0.15) is 20.8 Å². The van der Waals surface area contributed by atoms with Gasteiger partial charge in [-0.2, -0.15) is 5.10 Å². The third-order valence-corrected chi connectivity index (χ3v) is 6.21. The van der Waals surface area contributed by atoms with E-state index in [-0.39, 0.29) is 11.7 Å². The first-order valence-corrected chi connectivity index (χ1v) is 12.1. The van der Waals surface area contributed by atoms with E-state index in [4.69, 9.17) is 4.98 Å². The fraction of sp³-hybridized carbons (Fsp3) is 0.143. The summed E-state index contributed by atoms with van der Waals surface area (Å²) in [6, 6.07) is 9.29. The van der Waals surface area contributed by atoms with Crippen molar-refractivity contribution in [2.75, 3.05) is 5.32 Å². The first-order chi connectivity index (χ1) is 18.7. The zero-order valence-corrected chi connectivity index (χ0v) is 21.2. The SMILES string of the molecule is CC(C)(C)C(=O)Nc1cncc(-c2cnc3n[nH]c(-c4nc5c(-c6cc(O)cc(F)c6)nccc5[nH]4)c3c2)c1. The summed E-state index contributed by atoms with van der Waals surface area (Å²) in [6.07, 6.45) is 6.57. The van der Waals surface area contributed by atoms with Gasteiger partial charge in [-0.15, -0.1) is 0 Å². The maximum absolute atomic E-state index is 14.0. The maximum Gasteiger partial charge on any atom is 0.229 e. The van der Waals surface area contributed by atoms with E-state index in [1.54, 1.807) is 30.9 Å². The highest BCUT2D eigenvalue weighted by Crippen LogP contribution is 2.33. The molecule has 0 saturated carbocycles. The lowest BCUT2D eigenvalue weighted by Gasteiger charge is -2.17. The van der Waals surface area contributed by atoms with Gasteiger partial charge in [-0.1, -0.05) is 20.8 Å². The van der Waals surface area contributed by atoms with Crippen LogP contribution in [0.25, 0.3) is 56.0 Å². The van der Waals surface area contributed by atoms with Crippen molar-refractivity contribution < 1.29 is 14.3 Å². The molecule has 0 aliphatic carbocycles. The highest BCUT2D eigenvalue weighted by Gasteiger charge is 2.22. The number of anilines is 1. The zero-order valence-electron chi connectivity index (χ0n) is 21.2. The van der Waals surface area contributed by atoms with E-state index >= 15 is 0 Å². The van der Waals surface area contributed by atoms with Crippen molar-refractivity contribution in [3.05, 3.63) is 67.0 Å². The van der Waals surface area contributed by atoms with Crippen LogP contribution in [0.2, 0.25) is 0 Å². The van der Waals surface area contributed by atoms with Crippen LogP contribution in [0.15, 0.2) is 61.2 Å². The number of carbonyl (C=O) groups excluding carboxylic acids is 1. The largest absolute Gasteiger partial charge is 0.508 e. The monoisotopic (exact) mass is 522 g/mol. The molecule has 5 heterocycles. The van der Waals surface area contributed by atoms with E-state index in [0.29, 0.717) is 50.5 Å². The van der Waals surface area contributed by atoms with Gasteiger partial charge in [0.1, 0.15) is 22.8 Å². The van der Waals surface area contributed by atoms with Crippen LogP contribution in [0.4, 0.5) is 10.1 Å². The molecule has 0 atom stereocenters. The highest BCUT2D eigenvalue weighted by atomic mass is 19.1. The second-order valence-corrected chi connectivity index (χ2v) is 10.2. The Morgan fingerprint density at radius 3 is 2.62 bits per heavy atom. The van der Waals surface area contributed by atoms with E-state index in [1.807, 2.05) is 32.9 Å². The molecule has 0 fully saturated rings. The Hall–Kier alpha value is -5.19. The first-order valence-electron chi connectivity index (χ1n) is 12.1. The molecule has 11 heteroatoms. The lowest BCUT2D eigenvalue weighted by atomic mass is 9.95. The Kier molecular flexibility index (Phi) is 5.56. The summed E-state index contributed by atoms with van der Waals surface area (Å²) in [4.78, 5) is 33.6. The summed E-state index contributed by atoms with van der Waals surface area (Å²) < 4.78 is 14.0. The second-order valence-electron chi connectivity index (χ2n) is 10.2. The summed E-state index contributed by atoms with van der Waals surface area (Å²) >= 11 is 0. The number of imidazole rings is 1. The van der Waals surface area contributed by atoms with Crippen molar-refractivity contribution >= 4 is 33.7 Å². The van der Waals surface area contributed by atoms with Crippen LogP contribution in [0.5, 0.6) is 5.75 Å². The van der Waals surface area contributed by atoms with E-state index in [2.05, 4.69) is 35.5 Å². The fourth-order valence-corrected chi connectivity index (χ4v) is 4.20. The van der Waals surface area contributed by atoms with Gasteiger partial charge in [0.25, 0.3) is 0 Å². The zero-order chi connectivity index (χ0) is 27.3. The van der Waals surface area contributed by atoms with Crippen molar-refractivity contribution in [1.29, 1.82) is 0 Å². The van der Waals surface area contributed by atoms with Gasteiger partial charge < -0.3 is 15.4 Å². The summed E-state index contributed by atoms with van der Waals surface area (Å²) in [5.41, 5.74) is 4.70. The second kappa shape index (κ2) is 8.98. The molecule has 194 valence electrons. The Bertz CT molecular complexity index is 1870. The number of hydrogen-bond acceptors (Lipinski definition) is 7. The van der Waals surface area contributed by atoms with Crippen LogP contribution in [0, 0.1) is 11.2 Å². The molecule has 4 N–H and O–H groups in total. The topological polar surface area (TPSA) is 145 Å². The minimum atomic E-state index is -0.575. The van der Waals surface area contributed by atoms with Crippen molar-refractivity contribution in [2.45, 2.75) is 20.8 Å². The number of nitrogens with one attached hydrogen (secondary N) is 3. The molecule has 10 nitrogen and oxygen atoms in total. The first kappa shape index (κ1) is 24.2. The predicted molar refractivity (Wildman–Crippen MR) is 145 cm³/mol. The molecule has 0 aliphatic heterocycles. The molecule has 39 heavy (non-hydrogen) atoms. The molecule has 0 aliphatic rings. The van der Waals surface area contributed by atoms with E-state index in [0.717, 1.165) is 17.2 Å². The van der Waals surface area contributed by atoms with Crippen molar-refractivity contribution in [3.63, 3.8) is 0 Å². The van der Waals surface area contributed by atoms with Gasteiger partial charge in [0, 0.05) is 46.8 Å². The number of H-pyrrole nitrogens is 2. The normalized spacial score (nSPS) is 11.8. The lowest BCUT2D eigenvalue weighted by Crippen LogP contribution is -2.27. The number of rotatable bonds is 4. The highest BCUT2D eigenvalue weighted by molar-refractivity contribution is 5.97. The van der Waals surface area contributed by atoms with Gasteiger partial charge in [-0.3, -0.25) is 19.9 Å². The minimum absolute atomic E-state index is 0.112. The van der Waals surface area contributed by atoms with Gasteiger partial charge in [-0.25, -0.2) is 14.4 Å². The molecule has 6 rings (SSSR count). The number of fused-ring (bicyclic) bond motifs is 2. The molecule has 0 spiro atoms. The Balaban J connectivity index is 1.41. The Morgan fingerprint density at radius 1 is 1.00 bits per heavy atom. The molecule has 0 radical (unpaired) electrons.